The second-order valence-electron chi connectivity index (χ2n) is 2.76. The molecule has 0 saturated carbocycles. The first-order chi connectivity index (χ1) is 5.99. The van der Waals surface area contributed by atoms with Crippen molar-refractivity contribution in [2.75, 3.05) is 12.0 Å². The lowest BCUT2D eigenvalue weighted by molar-refractivity contribution is 0.610. The average molecular weight is 197 g/mol. The molecule has 0 aliphatic heterocycles. The van der Waals surface area contributed by atoms with E-state index in [2.05, 4.69) is 0 Å². The molecule has 0 aliphatic rings. The maximum atomic E-state index is 10.8. The van der Waals surface area contributed by atoms with Gasteiger partial charge in [0.2, 0.25) is 0 Å². The Balaban J connectivity index is 3.00. The Bertz CT molecular complexity index is 421. The summed E-state index contributed by atoms with van der Waals surface area (Å²) >= 11 is 0. The molecule has 0 heterocycles. The molecule has 0 saturated heterocycles. The predicted octanol–water partition coefficient (Wildman–Crippen LogP) is 1.28. The second kappa shape index (κ2) is 3.62. The lowest BCUT2D eigenvalue weighted by Gasteiger charge is -1.97. The zero-order valence-electron chi connectivity index (χ0n) is 7.27. The zero-order chi connectivity index (χ0) is 9.90. The Hall–Kier alpha value is -1.29. The fraction of sp³-hybridized carbons (Fsp3) is 0.111. The molecule has 3 nitrogen and oxygen atoms in total. The molecular weight excluding hydrogens is 186 g/mol. The van der Waals surface area contributed by atoms with Crippen LogP contribution in [-0.4, -0.2) is 14.7 Å². The molecule has 1 aromatic rings. The number of sulfone groups is 1. The number of benzene rings is 1. The quantitative estimate of drug-likeness (QED) is 0.726. The van der Waals surface area contributed by atoms with Crippen LogP contribution in [0.15, 0.2) is 29.7 Å². The zero-order valence-corrected chi connectivity index (χ0v) is 8.08. The third kappa shape index (κ3) is 3.29. The summed E-state index contributed by atoms with van der Waals surface area (Å²) in [5.41, 5.74) is 6.89. The van der Waals surface area contributed by atoms with Gasteiger partial charge in [-0.05, 0) is 17.7 Å². The Morgan fingerprint density at radius 2 is 1.92 bits per heavy atom. The van der Waals surface area contributed by atoms with Crippen molar-refractivity contribution in [1.82, 2.24) is 0 Å². The average Bonchev–Trinajstić information content (AvgIpc) is 2.01. The fourth-order valence-corrected chi connectivity index (χ4v) is 1.25. The molecule has 1 rings (SSSR count). The van der Waals surface area contributed by atoms with E-state index in [0.717, 1.165) is 11.7 Å². The van der Waals surface area contributed by atoms with Gasteiger partial charge in [-0.25, -0.2) is 8.42 Å². The van der Waals surface area contributed by atoms with Crippen LogP contribution in [0, 0.1) is 0 Å². The summed E-state index contributed by atoms with van der Waals surface area (Å²) in [5.74, 6) is 0. The van der Waals surface area contributed by atoms with Gasteiger partial charge in [-0.2, -0.15) is 0 Å². The van der Waals surface area contributed by atoms with Gasteiger partial charge in [0.25, 0.3) is 0 Å². The molecule has 0 unspecified atom stereocenters. The summed E-state index contributed by atoms with van der Waals surface area (Å²) in [5, 5.41) is 1.14. The van der Waals surface area contributed by atoms with E-state index in [1.807, 2.05) is 0 Å². The van der Waals surface area contributed by atoms with Crippen LogP contribution in [0.2, 0.25) is 0 Å². The van der Waals surface area contributed by atoms with Crippen molar-refractivity contribution >= 4 is 21.6 Å². The largest absolute Gasteiger partial charge is 0.398 e. The molecule has 0 spiro atoms. The topological polar surface area (TPSA) is 60.2 Å². The summed E-state index contributed by atoms with van der Waals surface area (Å²) in [6.45, 7) is 0. The molecule has 4 heteroatoms. The Morgan fingerprint density at radius 3 is 2.46 bits per heavy atom. The highest BCUT2D eigenvalue weighted by Gasteiger charge is 1.95. The van der Waals surface area contributed by atoms with Crippen LogP contribution in [0.5, 0.6) is 0 Å². The summed E-state index contributed by atoms with van der Waals surface area (Å²) in [6, 6.07) is 7.09. The number of para-hydroxylation sites is 1. The van der Waals surface area contributed by atoms with Crippen LogP contribution in [-0.2, 0) is 9.84 Å². The summed E-state index contributed by atoms with van der Waals surface area (Å²) in [6.07, 6.45) is 2.63. The third-order valence-electron chi connectivity index (χ3n) is 1.49. The number of hydrogen-bond acceptors (Lipinski definition) is 3. The molecule has 0 atom stereocenters. The maximum absolute atomic E-state index is 10.8. The minimum absolute atomic E-state index is 0.572. The Morgan fingerprint density at radius 1 is 1.31 bits per heavy atom. The minimum atomic E-state index is -3.08. The van der Waals surface area contributed by atoms with Crippen LogP contribution < -0.4 is 5.73 Å². The monoisotopic (exact) mass is 197 g/mol. The van der Waals surface area contributed by atoms with Gasteiger partial charge in [0.1, 0.15) is 0 Å². The molecule has 0 radical (unpaired) electrons. The number of nitrogens with two attached hydrogens (primary N) is 1. The van der Waals surface area contributed by atoms with E-state index < -0.39 is 9.84 Å². The summed E-state index contributed by atoms with van der Waals surface area (Å²) < 4.78 is 21.6. The van der Waals surface area contributed by atoms with E-state index in [0.29, 0.717) is 11.3 Å². The highest BCUT2D eigenvalue weighted by molar-refractivity contribution is 7.93. The van der Waals surface area contributed by atoms with Gasteiger partial charge in [-0.15, -0.1) is 0 Å². The van der Waals surface area contributed by atoms with Crippen molar-refractivity contribution in [2.24, 2.45) is 0 Å². The molecule has 0 aromatic heterocycles. The standard InChI is InChI=1S/C9H11NO2S/c1-13(11,12)7-6-8-4-2-3-5-9(8)10/h2-7H,10H2,1H3. The Kier molecular flexibility index (Phi) is 2.72. The van der Waals surface area contributed by atoms with Gasteiger partial charge in [0.05, 0.1) is 0 Å². The SMILES string of the molecule is CS(=O)(=O)C=Cc1ccccc1N. The van der Waals surface area contributed by atoms with Gasteiger partial charge in [-0.1, -0.05) is 18.2 Å². The summed E-state index contributed by atoms with van der Waals surface area (Å²) in [7, 11) is -3.08. The number of anilines is 1. The second-order valence-corrected chi connectivity index (χ2v) is 4.69. The molecule has 0 fully saturated rings. The van der Waals surface area contributed by atoms with Gasteiger partial charge in [0, 0.05) is 17.4 Å². The normalized spacial score (nSPS) is 12.1. The smallest absolute Gasteiger partial charge is 0.168 e. The van der Waals surface area contributed by atoms with Crippen molar-refractivity contribution in [2.45, 2.75) is 0 Å². The van der Waals surface area contributed by atoms with Gasteiger partial charge in [-0.3, -0.25) is 0 Å². The number of rotatable bonds is 2. The first-order valence-corrected chi connectivity index (χ1v) is 5.67. The van der Waals surface area contributed by atoms with Crippen molar-refractivity contribution in [3.63, 3.8) is 0 Å². The molecule has 0 aliphatic carbocycles. The van der Waals surface area contributed by atoms with E-state index >= 15 is 0 Å². The third-order valence-corrected chi connectivity index (χ3v) is 2.12. The first kappa shape index (κ1) is 9.80. The van der Waals surface area contributed by atoms with E-state index in [-0.39, 0.29) is 0 Å². The van der Waals surface area contributed by atoms with Gasteiger partial charge >= 0.3 is 0 Å². The van der Waals surface area contributed by atoms with Crippen LogP contribution in [0.4, 0.5) is 5.69 Å². The van der Waals surface area contributed by atoms with Gasteiger partial charge in [0.15, 0.2) is 9.84 Å². The van der Waals surface area contributed by atoms with Crippen LogP contribution in [0.25, 0.3) is 6.08 Å². The maximum Gasteiger partial charge on any atom is 0.168 e. The van der Waals surface area contributed by atoms with Crippen molar-refractivity contribution in [3.05, 3.63) is 35.2 Å². The van der Waals surface area contributed by atoms with Crippen molar-refractivity contribution in [3.8, 4) is 0 Å². The summed E-state index contributed by atoms with van der Waals surface area (Å²) in [4.78, 5) is 0. The van der Waals surface area contributed by atoms with Crippen LogP contribution >= 0.6 is 0 Å². The molecule has 0 bridgehead atoms. The Labute approximate surface area is 77.8 Å². The highest BCUT2D eigenvalue weighted by atomic mass is 32.2. The highest BCUT2D eigenvalue weighted by Crippen LogP contribution is 2.12. The van der Waals surface area contributed by atoms with Crippen molar-refractivity contribution in [1.29, 1.82) is 0 Å². The number of nitrogen functional groups attached to an aromatic ring is 1. The van der Waals surface area contributed by atoms with E-state index in [4.69, 9.17) is 5.73 Å². The molecule has 0 amide bonds. The predicted molar refractivity (Wildman–Crippen MR) is 54.7 cm³/mol. The molecule has 13 heavy (non-hydrogen) atoms. The lowest BCUT2D eigenvalue weighted by Crippen LogP contribution is -1.90. The van der Waals surface area contributed by atoms with E-state index in [1.165, 1.54) is 6.08 Å². The molecule has 1 aromatic carbocycles. The number of hydrogen-bond donors (Lipinski definition) is 1. The molecule has 2 N–H and O–H groups in total. The van der Waals surface area contributed by atoms with E-state index in [9.17, 15) is 8.42 Å². The minimum Gasteiger partial charge on any atom is -0.398 e. The lowest BCUT2D eigenvalue weighted by atomic mass is 10.2. The first-order valence-electron chi connectivity index (χ1n) is 3.72. The fourth-order valence-electron chi connectivity index (χ4n) is 0.860. The molecular formula is C9H11NO2S. The molecule has 70 valence electrons. The van der Waals surface area contributed by atoms with Crippen LogP contribution in [0.3, 0.4) is 0 Å². The van der Waals surface area contributed by atoms with E-state index in [1.54, 1.807) is 24.3 Å². The van der Waals surface area contributed by atoms with Crippen molar-refractivity contribution < 1.29 is 8.42 Å². The van der Waals surface area contributed by atoms with Crippen LogP contribution in [0.1, 0.15) is 5.56 Å². The van der Waals surface area contributed by atoms with Gasteiger partial charge < -0.3 is 5.73 Å².